The Morgan fingerprint density at radius 2 is 2.16 bits per heavy atom. The van der Waals surface area contributed by atoms with Crippen LogP contribution in [0.4, 0.5) is 10.1 Å². The third-order valence-electron chi connectivity index (χ3n) is 3.45. The first-order chi connectivity index (χ1) is 9.00. The molecule has 1 aromatic rings. The Bertz CT molecular complexity index is 515. The van der Waals surface area contributed by atoms with Crippen LogP contribution in [0.3, 0.4) is 0 Å². The number of anilines is 1. The third kappa shape index (κ3) is 2.75. The summed E-state index contributed by atoms with van der Waals surface area (Å²) in [7, 11) is 0. The van der Waals surface area contributed by atoms with Gasteiger partial charge in [-0.2, -0.15) is 0 Å². The minimum atomic E-state index is -0.842. The Balaban J connectivity index is 2.34. The van der Waals surface area contributed by atoms with Crippen LogP contribution in [0.15, 0.2) is 18.2 Å². The highest BCUT2D eigenvalue weighted by Crippen LogP contribution is 2.28. The van der Waals surface area contributed by atoms with Crippen LogP contribution in [-0.2, 0) is 4.79 Å². The van der Waals surface area contributed by atoms with Crippen LogP contribution in [0.5, 0.6) is 0 Å². The average Bonchev–Trinajstić information content (AvgIpc) is 2.38. The van der Waals surface area contributed by atoms with Crippen molar-refractivity contribution < 1.29 is 19.1 Å². The molecule has 1 saturated heterocycles. The van der Waals surface area contributed by atoms with Gasteiger partial charge < -0.3 is 10.0 Å². The molecule has 0 bridgehead atoms. The van der Waals surface area contributed by atoms with Gasteiger partial charge in [-0.25, -0.2) is 4.39 Å². The quantitative estimate of drug-likeness (QED) is 0.852. The van der Waals surface area contributed by atoms with E-state index < -0.39 is 17.7 Å². The summed E-state index contributed by atoms with van der Waals surface area (Å²) in [6, 6.07) is 4.46. The number of Topliss-reactive ketones (excluding diaryl/α,β-unsaturated/α-hetero) is 1. The second-order valence-electron chi connectivity index (χ2n) is 4.81. The van der Waals surface area contributed by atoms with Gasteiger partial charge in [0.2, 0.25) is 0 Å². The molecule has 1 aliphatic heterocycles. The van der Waals surface area contributed by atoms with E-state index in [0.29, 0.717) is 25.2 Å². The monoisotopic (exact) mass is 265 g/mol. The molecular weight excluding hydrogens is 249 g/mol. The topological polar surface area (TPSA) is 57.6 Å². The maximum absolute atomic E-state index is 13.7. The molecule has 1 fully saturated rings. The second-order valence-corrected chi connectivity index (χ2v) is 4.81. The molecule has 1 unspecified atom stereocenters. The number of ketones is 1. The largest absolute Gasteiger partial charge is 0.481 e. The van der Waals surface area contributed by atoms with Crippen molar-refractivity contribution in [3.63, 3.8) is 0 Å². The van der Waals surface area contributed by atoms with Crippen LogP contribution < -0.4 is 4.90 Å². The lowest BCUT2D eigenvalue weighted by Crippen LogP contribution is -2.39. The second kappa shape index (κ2) is 5.38. The molecule has 1 aromatic carbocycles. The van der Waals surface area contributed by atoms with E-state index in [1.807, 2.05) is 0 Å². The number of hydrogen-bond donors (Lipinski definition) is 1. The number of aliphatic carboxylic acids is 1. The lowest BCUT2D eigenvalue weighted by atomic mass is 9.96. The van der Waals surface area contributed by atoms with Gasteiger partial charge >= 0.3 is 5.97 Å². The van der Waals surface area contributed by atoms with Crippen molar-refractivity contribution in [1.82, 2.24) is 0 Å². The highest BCUT2D eigenvalue weighted by atomic mass is 19.1. The lowest BCUT2D eigenvalue weighted by molar-refractivity contribution is -0.141. The van der Waals surface area contributed by atoms with Crippen molar-refractivity contribution >= 4 is 17.4 Å². The SMILES string of the molecule is CC(=O)c1c(F)cccc1N1CCCC(C(=O)O)C1. The molecular formula is C14H16FNO3. The minimum absolute atomic E-state index is 0.0496. The molecule has 1 N–H and O–H groups in total. The zero-order chi connectivity index (χ0) is 14.0. The van der Waals surface area contributed by atoms with Crippen molar-refractivity contribution in [2.45, 2.75) is 19.8 Å². The lowest BCUT2D eigenvalue weighted by Gasteiger charge is -2.33. The standard InChI is InChI=1S/C14H16FNO3/c1-9(17)13-11(15)5-2-6-12(13)16-7-3-4-10(8-16)14(18)19/h2,5-6,10H,3-4,7-8H2,1H3,(H,18,19). The van der Waals surface area contributed by atoms with Crippen LogP contribution in [0.25, 0.3) is 0 Å². The summed E-state index contributed by atoms with van der Waals surface area (Å²) in [5.41, 5.74) is 0.548. The molecule has 4 nitrogen and oxygen atoms in total. The number of carbonyl (C=O) groups is 2. The van der Waals surface area contributed by atoms with E-state index in [1.54, 1.807) is 17.0 Å². The Labute approximate surface area is 110 Å². The fourth-order valence-corrected chi connectivity index (χ4v) is 2.52. The van der Waals surface area contributed by atoms with Crippen molar-refractivity contribution in [3.05, 3.63) is 29.6 Å². The van der Waals surface area contributed by atoms with Gasteiger partial charge in [0, 0.05) is 13.1 Å². The van der Waals surface area contributed by atoms with Crippen LogP contribution in [-0.4, -0.2) is 29.9 Å². The van der Waals surface area contributed by atoms with E-state index in [2.05, 4.69) is 0 Å². The molecule has 0 aromatic heterocycles. The third-order valence-corrected chi connectivity index (χ3v) is 3.45. The fourth-order valence-electron chi connectivity index (χ4n) is 2.52. The van der Waals surface area contributed by atoms with Gasteiger partial charge in [0.05, 0.1) is 17.2 Å². The molecule has 0 radical (unpaired) electrons. The molecule has 5 heteroatoms. The smallest absolute Gasteiger partial charge is 0.308 e. The summed E-state index contributed by atoms with van der Waals surface area (Å²) in [4.78, 5) is 24.4. The first kappa shape index (κ1) is 13.5. The van der Waals surface area contributed by atoms with E-state index >= 15 is 0 Å². The molecule has 0 saturated carbocycles. The van der Waals surface area contributed by atoms with Crippen molar-refractivity contribution in [3.8, 4) is 0 Å². The van der Waals surface area contributed by atoms with Crippen molar-refractivity contribution in [2.24, 2.45) is 5.92 Å². The Morgan fingerprint density at radius 3 is 2.79 bits per heavy atom. The van der Waals surface area contributed by atoms with E-state index in [1.165, 1.54) is 13.0 Å². The van der Waals surface area contributed by atoms with Gasteiger partial charge in [0.1, 0.15) is 5.82 Å². The summed E-state index contributed by atoms with van der Waals surface area (Å²) >= 11 is 0. The van der Waals surface area contributed by atoms with Crippen LogP contribution in [0, 0.1) is 11.7 Å². The van der Waals surface area contributed by atoms with E-state index in [9.17, 15) is 14.0 Å². The van der Waals surface area contributed by atoms with Crippen LogP contribution in [0.1, 0.15) is 30.1 Å². The summed E-state index contributed by atoms with van der Waals surface area (Å²) in [6.45, 7) is 2.28. The van der Waals surface area contributed by atoms with E-state index in [-0.39, 0.29) is 11.3 Å². The van der Waals surface area contributed by atoms with Crippen molar-refractivity contribution in [1.29, 1.82) is 0 Å². The molecule has 19 heavy (non-hydrogen) atoms. The predicted octanol–water partition coefficient (Wildman–Crippen LogP) is 2.33. The van der Waals surface area contributed by atoms with Crippen LogP contribution >= 0.6 is 0 Å². The summed E-state index contributed by atoms with van der Waals surface area (Å²) in [5.74, 6) is -2.20. The Hall–Kier alpha value is -1.91. The number of rotatable bonds is 3. The molecule has 0 spiro atoms. The molecule has 0 aliphatic carbocycles. The zero-order valence-corrected chi connectivity index (χ0v) is 10.7. The van der Waals surface area contributed by atoms with E-state index in [0.717, 1.165) is 6.42 Å². The highest BCUT2D eigenvalue weighted by molar-refractivity contribution is 6.00. The number of nitrogens with zero attached hydrogens (tertiary/aromatic N) is 1. The van der Waals surface area contributed by atoms with Gasteiger partial charge in [-0.05, 0) is 31.9 Å². The number of benzene rings is 1. The maximum atomic E-state index is 13.7. The molecule has 1 heterocycles. The molecule has 0 amide bonds. The Morgan fingerprint density at radius 1 is 1.42 bits per heavy atom. The Kier molecular flexibility index (Phi) is 3.83. The van der Waals surface area contributed by atoms with Gasteiger partial charge in [0.15, 0.2) is 5.78 Å². The van der Waals surface area contributed by atoms with E-state index in [4.69, 9.17) is 5.11 Å². The molecule has 1 atom stereocenters. The maximum Gasteiger partial charge on any atom is 0.308 e. The summed E-state index contributed by atoms with van der Waals surface area (Å²) in [5, 5.41) is 9.07. The average molecular weight is 265 g/mol. The normalized spacial score (nSPS) is 19.3. The first-order valence-electron chi connectivity index (χ1n) is 6.28. The molecule has 2 rings (SSSR count). The van der Waals surface area contributed by atoms with Gasteiger partial charge in [-0.3, -0.25) is 9.59 Å². The number of carboxylic acids is 1. The highest BCUT2D eigenvalue weighted by Gasteiger charge is 2.27. The number of piperidine rings is 1. The number of carboxylic acid groups (broad SMARTS) is 1. The predicted molar refractivity (Wildman–Crippen MR) is 69.0 cm³/mol. The summed E-state index contributed by atoms with van der Waals surface area (Å²) < 4.78 is 13.7. The number of halogens is 1. The number of carbonyl (C=O) groups excluding carboxylic acids is 1. The van der Waals surface area contributed by atoms with Crippen LogP contribution in [0.2, 0.25) is 0 Å². The van der Waals surface area contributed by atoms with Gasteiger partial charge in [-0.1, -0.05) is 6.07 Å². The number of hydrogen-bond acceptors (Lipinski definition) is 3. The fraction of sp³-hybridized carbons (Fsp3) is 0.429. The molecule has 102 valence electrons. The zero-order valence-electron chi connectivity index (χ0n) is 10.7. The van der Waals surface area contributed by atoms with Crippen molar-refractivity contribution in [2.75, 3.05) is 18.0 Å². The molecule has 1 aliphatic rings. The minimum Gasteiger partial charge on any atom is -0.481 e. The first-order valence-corrected chi connectivity index (χ1v) is 6.28. The summed E-state index contributed by atoms with van der Waals surface area (Å²) in [6.07, 6.45) is 1.35. The van der Waals surface area contributed by atoms with Gasteiger partial charge in [-0.15, -0.1) is 0 Å². The van der Waals surface area contributed by atoms with Gasteiger partial charge in [0.25, 0.3) is 0 Å².